The van der Waals surface area contributed by atoms with Crippen LogP contribution in [0.1, 0.15) is 29.6 Å². The summed E-state index contributed by atoms with van der Waals surface area (Å²) in [6, 6.07) is 7.19. The molecule has 2 N–H and O–H groups in total. The Morgan fingerprint density at radius 1 is 1.40 bits per heavy atom. The number of nitrogens with two attached hydrogens (primary N) is 1. The van der Waals surface area contributed by atoms with Crippen LogP contribution in [0.3, 0.4) is 0 Å². The number of hydrogen-bond acceptors (Lipinski definition) is 2. The van der Waals surface area contributed by atoms with Crippen molar-refractivity contribution in [3.05, 3.63) is 34.9 Å². The molecule has 0 saturated heterocycles. The molecule has 0 aliphatic heterocycles. The molecule has 15 heavy (non-hydrogen) atoms. The maximum atomic E-state index is 12.2. The van der Waals surface area contributed by atoms with E-state index in [-0.39, 0.29) is 11.2 Å². The van der Waals surface area contributed by atoms with Crippen LogP contribution in [0.15, 0.2) is 24.3 Å². The van der Waals surface area contributed by atoms with Crippen molar-refractivity contribution in [2.24, 2.45) is 11.1 Å². The van der Waals surface area contributed by atoms with Crippen molar-refractivity contribution in [1.29, 1.82) is 0 Å². The minimum Gasteiger partial charge on any atom is -0.329 e. The van der Waals surface area contributed by atoms with Gasteiger partial charge in [-0.25, -0.2) is 0 Å². The highest BCUT2D eigenvalue weighted by Gasteiger charge is 2.43. The highest BCUT2D eigenvalue weighted by molar-refractivity contribution is 6.34. The summed E-state index contributed by atoms with van der Waals surface area (Å²) >= 11 is 6.00. The van der Waals surface area contributed by atoms with Crippen LogP contribution in [-0.2, 0) is 0 Å². The zero-order chi connectivity index (χ0) is 10.9. The number of carbonyl (C=O) groups is 1. The zero-order valence-electron chi connectivity index (χ0n) is 8.50. The zero-order valence-corrected chi connectivity index (χ0v) is 9.26. The molecular formula is C12H14ClNO. The molecule has 1 aromatic carbocycles. The molecule has 0 radical (unpaired) electrons. The third kappa shape index (κ3) is 1.68. The Hall–Kier alpha value is -0.860. The van der Waals surface area contributed by atoms with Gasteiger partial charge in [0, 0.05) is 17.5 Å². The van der Waals surface area contributed by atoms with Crippen LogP contribution >= 0.6 is 11.6 Å². The third-order valence-corrected chi connectivity index (χ3v) is 3.63. The number of hydrogen-bond donors (Lipinski definition) is 1. The maximum absolute atomic E-state index is 12.2. The smallest absolute Gasteiger partial charge is 0.171 e. The van der Waals surface area contributed by atoms with E-state index in [0.29, 0.717) is 17.1 Å². The SMILES string of the molecule is NCC1(C(=O)c2ccccc2Cl)CCC1. The van der Waals surface area contributed by atoms with Gasteiger partial charge in [0.15, 0.2) is 5.78 Å². The van der Waals surface area contributed by atoms with Gasteiger partial charge in [0.25, 0.3) is 0 Å². The van der Waals surface area contributed by atoms with Crippen molar-refractivity contribution in [2.45, 2.75) is 19.3 Å². The number of rotatable bonds is 3. The van der Waals surface area contributed by atoms with Crippen LogP contribution in [0.5, 0.6) is 0 Å². The molecule has 0 amide bonds. The minimum atomic E-state index is -0.328. The molecule has 0 unspecified atom stereocenters. The van der Waals surface area contributed by atoms with Crippen LogP contribution in [0.25, 0.3) is 0 Å². The Bertz CT molecular complexity index is 379. The summed E-state index contributed by atoms with van der Waals surface area (Å²) in [6.07, 6.45) is 2.88. The molecule has 1 saturated carbocycles. The minimum absolute atomic E-state index is 0.113. The van der Waals surface area contributed by atoms with Gasteiger partial charge >= 0.3 is 0 Å². The Morgan fingerprint density at radius 3 is 2.53 bits per heavy atom. The monoisotopic (exact) mass is 223 g/mol. The highest BCUT2D eigenvalue weighted by atomic mass is 35.5. The van der Waals surface area contributed by atoms with Gasteiger partial charge in [-0.3, -0.25) is 4.79 Å². The van der Waals surface area contributed by atoms with E-state index in [9.17, 15) is 4.79 Å². The van der Waals surface area contributed by atoms with Gasteiger partial charge in [0.2, 0.25) is 0 Å². The molecule has 1 fully saturated rings. The summed E-state index contributed by atoms with van der Waals surface area (Å²) in [6.45, 7) is 0.428. The van der Waals surface area contributed by atoms with E-state index < -0.39 is 0 Å². The third-order valence-electron chi connectivity index (χ3n) is 3.30. The molecule has 2 nitrogen and oxygen atoms in total. The van der Waals surface area contributed by atoms with Crippen LogP contribution in [0, 0.1) is 5.41 Å². The van der Waals surface area contributed by atoms with Crippen molar-refractivity contribution in [2.75, 3.05) is 6.54 Å². The second-order valence-corrected chi connectivity index (χ2v) is 4.55. The van der Waals surface area contributed by atoms with Crippen LogP contribution in [0.4, 0.5) is 0 Å². The van der Waals surface area contributed by atoms with Crippen molar-refractivity contribution in [3.63, 3.8) is 0 Å². The molecule has 1 aliphatic rings. The Morgan fingerprint density at radius 2 is 2.07 bits per heavy atom. The lowest BCUT2D eigenvalue weighted by Crippen LogP contribution is -2.44. The summed E-state index contributed by atoms with van der Waals surface area (Å²) in [4.78, 5) is 12.2. The van der Waals surface area contributed by atoms with Crippen molar-refractivity contribution in [3.8, 4) is 0 Å². The van der Waals surface area contributed by atoms with E-state index in [2.05, 4.69) is 0 Å². The summed E-state index contributed by atoms with van der Waals surface area (Å²) in [5.41, 5.74) is 5.98. The van der Waals surface area contributed by atoms with Crippen molar-refractivity contribution in [1.82, 2.24) is 0 Å². The van der Waals surface area contributed by atoms with E-state index in [1.807, 2.05) is 12.1 Å². The predicted molar refractivity (Wildman–Crippen MR) is 61.1 cm³/mol. The summed E-state index contributed by atoms with van der Waals surface area (Å²) < 4.78 is 0. The average Bonchev–Trinajstić information content (AvgIpc) is 2.17. The van der Waals surface area contributed by atoms with Crippen LogP contribution < -0.4 is 5.73 Å². The van der Waals surface area contributed by atoms with E-state index in [1.54, 1.807) is 12.1 Å². The number of halogens is 1. The van der Waals surface area contributed by atoms with Gasteiger partial charge in [-0.05, 0) is 25.0 Å². The first-order valence-electron chi connectivity index (χ1n) is 5.19. The quantitative estimate of drug-likeness (QED) is 0.801. The van der Waals surface area contributed by atoms with E-state index in [4.69, 9.17) is 17.3 Å². The second-order valence-electron chi connectivity index (χ2n) is 4.15. The lowest BCUT2D eigenvalue weighted by Gasteiger charge is -2.39. The first-order chi connectivity index (χ1) is 7.19. The fraction of sp³-hybridized carbons (Fsp3) is 0.417. The molecule has 1 aliphatic carbocycles. The number of carbonyl (C=O) groups excluding carboxylic acids is 1. The lowest BCUT2D eigenvalue weighted by molar-refractivity contribution is 0.0636. The van der Waals surface area contributed by atoms with Gasteiger partial charge in [-0.2, -0.15) is 0 Å². The van der Waals surface area contributed by atoms with Gasteiger partial charge in [-0.15, -0.1) is 0 Å². The molecule has 3 heteroatoms. The molecule has 0 heterocycles. The topological polar surface area (TPSA) is 43.1 Å². The van der Waals surface area contributed by atoms with Gasteiger partial charge in [0.05, 0.1) is 5.02 Å². The standard InChI is InChI=1S/C12H14ClNO/c13-10-5-2-1-4-9(10)11(15)12(8-14)6-3-7-12/h1-2,4-5H,3,6-8,14H2. The summed E-state index contributed by atoms with van der Waals surface area (Å²) in [5, 5.41) is 0.530. The summed E-state index contributed by atoms with van der Waals surface area (Å²) in [7, 11) is 0. The average molecular weight is 224 g/mol. The number of ketones is 1. The Kier molecular flexibility index (Phi) is 2.81. The lowest BCUT2D eigenvalue weighted by atomic mass is 9.64. The fourth-order valence-corrected chi connectivity index (χ4v) is 2.28. The molecule has 0 aromatic heterocycles. The normalized spacial score (nSPS) is 18.3. The molecule has 0 bridgehead atoms. The highest BCUT2D eigenvalue weighted by Crippen LogP contribution is 2.43. The fourth-order valence-electron chi connectivity index (χ4n) is 2.06. The Balaban J connectivity index is 2.32. The first-order valence-corrected chi connectivity index (χ1v) is 5.57. The maximum Gasteiger partial charge on any atom is 0.171 e. The van der Waals surface area contributed by atoms with Crippen LogP contribution in [0.2, 0.25) is 5.02 Å². The van der Waals surface area contributed by atoms with E-state index in [0.717, 1.165) is 19.3 Å². The van der Waals surface area contributed by atoms with E-state index in [1.165, 1.54) is 0 Å². The summed E-state index contributed by atoms with van der Waals surface area (Å²) in [5.74, 6) is 0.113. The number of benzene rings is 1. The number of Topliss-reactive ketones (excluding diaryl/α,β-unsaturated/α-hetero) is 1. The molecule has 2 rings (SSSR count). The van der Waals surface area contributed by atoms with Gasteiger partial charge in [0.1, 0.15) is 0 Å². The van der Waals surface area contributed by atoms with Gasteiger partial charge in [-0.1, -0.05) is 30.2 Å². The van der Waals surface area contributed by atoms with Gasteiger partial charge < -0.3 is 5.73 Å². The molecule has 0 atom stereocenters. The first kappa shape index (κ1) is 10.7. The molecule has 1 aromatic rings. The Labute approximate surface area is 94.4 Å². The molecule has 0 spiro atoms. The predicted octanol–water partition coefficient (Wildman–Crippen LogP) is 2.65. The largest absolute Gasteiger partial charge is 0.329 e. The molecule has 80 valence electrons. The van der Waals surface area contributed by atoms with Crippen molar-refractivity contribution < 1.29 is 4.79 Å². The van der Waals surface area contributed by atoms with Crippen molar-refractivity contribution >= 4 is 17.4 Å². The van der Waals surface area contributed by atoms with Crippen LogP contribution in [-0.4, -0.2) is 12.3 Å². The molecular weight excluding hydrogens is 210 g/mol. The second kappa shape index (κ2) is 3.95. The van der Waals surface area contributed by atoms with E-state index >= 15 is 0 Å².